The highest BCUT2D eigenvalue weighted by Crippen LogP contribution is 2.41. The molecule has 0 amide bonds. The molecular formula is C43H56N4O9. The van der Waals surface area contributed by atoms with Gasteiger partial charge in [-0.1, -0.05) is 7.43 Å². The number of nitrogens with zero attached hydrogens (tertiary/aromatic N) is 2. The Balaban J connectivity index is 0.000000183. The zero-order valence-corrected chi connectivity index (χ0v) is 32.6. The molecule has 13 heteroatoms. The number of fused-ring (bicyclic) bond motifs is 6. The van der Waals surface area contributed by atoms with Gasteiger partial charge in [-0.2, -0.15) is 0 Å². The van der Waals surface area contributed by atoms with E-state index in [-0.39, 0.29) is 30.5 Å². The number of nitrogens with one attached hydrogen (secondary N) is 1. The zero-order chi connectivity index (χ0) is 39.2. The maximum absolute atomic E-state index is 12.7. The topological polar surface area (TPSA) is 154 Å². The third-order valence-corrected chi connectivity index (χ3v) is 10.7. The van der Waals surface area contributed by atoms with Crippen molar-refractivity contribution in [1.82, 2.24) is 9.13 Å². The van der Waals surface area contributed by atoms with Crippen LogP contribution in [0.15, 0.2) is 46.0 Å². The standard InChI is InChI=1S/C21H26N2O4.C16H18N2O3.C5H8O2.CH4/c1-13-17(24)11-20(22-12-15-5-4-8-27-15)23-7-6-14-9-18(25-2)19(26-3)10-16(14)21(13)23;1-9-12(19)8-15(17)18-5-4-10-6-13(20-2)14(21-3)7-11(10)16(9)18;6-4-5-2-1-3-7-5;/h9-11,15,22H,4-8,12H2,1-3H3;6-8H,4-5,17H2,1-3H3;4-5H,1-3H2;1H4. The summed E-state index contributed by atoms with van der Waals surface area (Å²) in [6, 6.07) is 11.1. The predicted molar refractivity (Wildman–Crippen MR) is 219 cm³/mol. The molecule has 0 aliphatic carbocycles. The van der Waals surface area contributed by atoms with Crippen LogP contribution in [0.5, 0.6) is 23.0 Å². The lowest BCUT2D eigenvalue weighted by Crippen LogP contribution is -2.26. The van der Waals surface area contributed by atoms with Crippen LogP contribution < -0.4 is 40.9 Å². The number of aromatic nitrogens is 2. The molecular weight excluding hydrogens is 716 g/mol. The van der Waals surface area contributed by atoms with Gasteiger partial charge in [-0.25, -0.2) is 0 Å². The molecule has 2 saturated heterocycles. The third-order valence-electron chi connectivity index (χ3n) is 10.7. The van der Waals surface area contributed by atoms with Crippen LogP contribution in [0.25, 0.3) is 22.5 Å². The highest BCUT2D eigenvalue weighted by molar-refractivity contribution is 5.75. The van der Waals surface area contributed by atoms with Crippen LogP contribution in [0.1, 0.15) is 55.4 Å². The highest BCUT2D eigenvalue weighted by Gasteiger charge is 2.26. The molecule has 0 spiro atoms. The number of nitrogens with two attached hydrogens (primary N) is 1. The molecule has 2 aromatic carbocycles. The van der Waals surface area contributed by atoms with Crippen LogP contribution >= 0.6 is 0 Å². The Kier molecular flexibility index (Phi) is 13.9. The molecule has 56 heavy (non-hydrogen) atoms. The molecule has 3 N–H and O–H groups in total. The molecule has 302 valence electrons. The Morgan fingerprint density at radius 3 is 1.71 bits per heavy atom. The molecule has 2 fully saturated rings. The van der Waals surface area contributed by atoms with Crippen molar-refractivity contribution in [2.75, 3.05) is 59.2 Å². The van der Waals surface area contributed by atoms with Crippen molar-refractivity contribution in [3.63, 3.8) is 0 Å². The monoisotopic (exact) mass is 772 g/mol. The van der Waals surface area contributed by atoms with Gasteiger partial charge in [0.05, 0.1) is 45.9 Å². The first kappa shape index (κ1) is 41.9. The smallest absolute Gasteiger partial charge is 0.187 e. The molecule has 4 aliphatic rings. The number of rotatable bonds is 8. The predicted octanol–water partition coefficient (Wildman–Crippen LogP) is 5.97. The fourth-order valence-corrected chi connectivity index (χ4v) is 7.73. The summed E-state index contributed by atoms with van der Waals surface area (Å²) in [6.07, 6.45) is 6.86. The fraction of sp³-hybridized carbons (Fsp3) is 0.465. The number of aldehydes is 1. The number of carbonyl (C=O) groups excluding carboxylic acids is 1. The van der Waals surface area contributed by atoms with Gasteiger partial charge in [0.15, 0.2) is 33.9 Å². The second-order valence-electron chi connectivity index (χ2n) is 14.0. The van der Waals surface area contributed by atoms with Crippen molar-refractivity contribution < 1.29 is 33.2 Å². The van der Waals surface area contributed by atoms with E-state index in [9.17, 15) is 14.4 Å². The molecule has 2 aromatic heterocycles. The van der Waals surface area contributed by atoms with E-state index in [0.29, 0.717) is 28.6 Å². The minimum Gasteiger partial charge on any atom is -0.493 e. The van der Waals surface area contributed by atoms with Gasteiger partial charge in [0.1, 0.15) is 24.0 Å². The number of methoxy groups -OCH3 is 4. The van der Waals surface area contributed by atoms with Gasteiger partial charge in [-0.3, -0.25) is 9.59 Å². The summed E-state index contributed by atoms with van der Waals surface area (Å²) in [6.45, 7) is 7.61. The van der Waals surface area contributed by atoms with Gasteiger partial charge in [0, 0.05) is 67.2 Å². The number of benzene rings is 2. The lowest BCUT2D eigenvalue weighted by atomic mass is 9.93. The molecule has 2 atom stereocenters. The van der Waals surface area contributed by atoms with Crippen molar-refractivity contribution in [1.29, 1.82) is 0 Å². The second-order valence-corrected chi connectivity index (χ2v) is 14.0. The van der Waals surface area contributed by atoms with E-state index in [1.807, 2.05) is 42.7 Å². The normalized spacial score (nSPS) is 17.2. The van der Waals surface area contributed by atoms with Gasteiger partial charge in [0.2, 0.25) is 0 Å². The summed E-state index contributed by atoms with van der Waals surface area (Å²) in [5.74, 6) is 4.11. The van der Waals surface area contributed by atoms with Crippen molar-refractivity contribution in [3.05, 3.63) is 79.1 Å². The Bertz CT molecular complexity index is 2150. The first-order chi connectivity index (χ1) is 26.6. The van der Waals surface area contributed by atoms with Crippen LogP contribution in [-0.4, -0.2) is 75.8 Å². The van der Waals surface area contributed by atoms with E-state index < -0.39 is 0 Å². The number of anilines is 2. The summed E-state index contributed by atoms with van der Waals surface area (Å²) < 4.78 is 36.5. The molecule has 2 unspecified atom stereocenters. The van der Waals surface area contributed by atoms with E-state index in [0.717, 1.165) is 123 Å². The Morgan fingerprint density at radius 2 is 1.23 bits per heavy atom. The van der Waals surface area contributed by atoms with Crippen LogP contribution in [0.4, 0.5) is 11.6 Å². The summed E-state index contributed by atoms with van der Waals surface area (Å²) in [5, 5.41) is 3.45. The molecule has 0 saturated carbocycles. The number of hydrogen-bond acceptors (Lipinski definition) is 11. The average molecular weight is 773 g/mol. The Hall–Kier alpha value is -5.27. The van der Waals surface area contributed by atoms with Gasteiger partial charge < -0.3 is 53.4 Å². The quantitative estimate of drug-likeness (QED) is 0.204. The molecule has 0 radical (unpaired) electrons. The molecule has 6 heterocycles. The number of pyridine rings is 2. The first-order valence-corrected chi connectivity index (χ1v) is 18.8. The molecule has 0 bridgehead atoms. The second kappa shape index (κ2) is 18.6. The van der Waals surface area contributed by atoms with Gasteiger partial charge >= 0.3 is 0 Å². The Morgan fingerprint density at radius 1 is 0.732 bits per heavy atom. The Labute approximate surface area is 328 Å². The molecule has 13 nitrogen and oxygen atoms in total. The fourth-order valence-electron chi connectivity index (χ4n) is 7.73. The molecule has 8 rings (SSSR count). The minimum atomic E-state index is -0.0833. The maximum Gasteiger partial charge on any atom is 0.187 e. The number of hydrogen-bond donors (Lipinski definition) is 2. The van der Waals surface area contributed by atoms with E-state index in [1.165, 1.54) is 11.6 Å². The lowest BCUT2D eigenvalue weighted by Gasteiger charge is -2.28. The van der Waals surface area contributed by atoms with E-state index in [1.54, 1.807) is 34.5 Å². The van der Waals surface area contributed by atoms with Crippen molar-refractivity contribution in [2.45, 2.75) is 85.1 Å². The van der Waals surface area contributed by atoms with Gasteiger partial charge in [0.25, 0.3) is 0 Å². The van der Waals surface area contributed by atoms with E-state index in [2.05, 4.69) is 9.88 Å². The summed E-state index contributed by atoms with van der Waals surface area (Å²) in [5.41, 5.74) is 13.6. The van der Waals surface area contributed by atoms with Gasteiger partial charge in [-0.05, 0) is 87.8 Å². The lowest BCUT2D eigenvalue weighted by molar-refractivity contribution is -0.115. The van der Waals surface area contributed by atoms with Crippen LogP contribution in [0.3, 0.4) is 0 Å². The van der Waals surface area contributed by atoms with Crippen molar-refractivity contribution in [2.24, 2.45) is 0 Å². The van der Waals surface area contributed by atoms with E-state index >= 15 is 0 Å². The van der Waals surface area contributed by atoms with E-state index in [4.69, 9.17) is 34.2 Å². The minimum absolute atomic E-state index is 0. The van der Waals surface area contributed by atoms with Crippen molar-refractivity contribution >= 4 is 17.9 Å². The molecule has 4 aliphatic heterocycles. The summed E-state index contributed by atoms with van der Waals surface area (Å²) in [7, 11) is 6.50. The highest BCUT2D eigenvalue weighted by atomic mass is 16.5. The summed E-state index contributed by atoms with van der Waals surface area (Å²) >= 11 is 0. The van der Waals surface area contributed by atoms with Crippen LogP contribution in [0.2, 0.25) is 0 Å². The number of ether oxygens (including phenoxy) is 6. The number of nitrogen functional groups attached to an aromatic ring is 1. The number of aryl methyl sites for hydroxylation is 2. The first-order valence-electron chi connectivity index (χ1n) is 18.8. The SMILES string of the molecule is C.COc1cc2c(cc1OC)-c1c(C)c(=O)cc(N)n1CC2.COc1cc2c(cc1OC)-c1c(C)c(=O)cc(NCC3CCCO3)n1CC2.O=CC1CCCO1. The van der Waals surface area contributed by atoms with Gasteiger partial charge in [-0.15, -0.1) is 0 Å². The number of carbonyl (C=O) groups is 1. The van der Waals surface area contributed by atoms with Crippen LogP contribution in [-0.2, 0) is 40.2 Å². The summed E-state index contributed by atoms with van der Waals surface area (Å²) in [4.78, 5) is 34.6. The average Bonchev–Trinajstić information content (AvgIpc) is 3.95. The van der Waals surface area contributed by atoms with Crippen molar-refractivity contribution in [3.8, 4) is 45.5 Å². The third kappa shape index (κ3) is 8.58. The molecule has 4 aromatic rings. The maximum atomic E-state index is 12.7. The largest absolute Gasteiger partial charge is 0.493 e. The van der Waals surface area contributed by atoms with Crippen LogP contribution in [0, 0.1) is 13.8 Å². The zero-order valence-electron chi connectivity index (χ0n) is 32.6.